The summed E-state index contributed by atoms with van der Waals surface area (Å²) in [5.41, 5.74) is 0.768. The first kappa shape index (κ1) is 15.1. The van der Waals surface area contributed by atoms with Crippen molar-refractivity contribution in [1.82, 2.24) is 10.6 Å². The highest BCUT2D eigenvalue weighted by molar-refractivity contribution is 5.17. The summed E-state index contributed by atoms with van der Waals surface area (Å²) in [7, 11) is 0. The smallest absolute Gasteiger partial charge is 0.159 e. The molecule has 0 amide bonds. The van der Waals surface area contributed by atoms with E-state index in [2.05, 4.69) is 24.5 Å². The minimum absolute atomic E-state index is 0.571. The molecule has 0 aliphatic heterocycles. The highest BCUT2D eigenvalue weighted by atomic mass is 19.2. The molecule has 0 heterocycles. The van der Waals surface area contributed by atoms with E-state index in [1.165, 1.54) is 6.07 Å². The highest BCUT2D eigenvalue weighted by Crippen LogP contribution is 2.08. The molecule has 1 aromatic carbocycles. The van der Waals surface area contributed by atoms with E-state index in [1.807, 2.05) is 0 Å². The lowest BCUT2D eigenvalue weighted by Gasteiger charge is -2.08. The Kier molecular flexibility index (Phi) is 6.83. The second kappa shape index (κ2) is 8.16. The maximum Gasteiger partial charge on any atom is 0.159 e. The van der Waals surface area contributed by atoms with E-state index >= 15 is 0 Å². The lowest BCUT2D eigenvalue weighted by molar-refractivity contribution is 0.505. The van der Waals surface area contributed by atoms with Crippen molar-refractivity contribution in [2.75, 3.05) is 19.6 Å². The molecule has 0 radical (unpaired) electrons. The fraction of sp³-hybridized carbons (Fsp3) is 0.571. The van der Waals surface area contributed by atoms with E-state index in [0.717, 1.165) is 37.7 Å². The van der Waals surface area contributed by atoms with Gasteiger partial charge in [0.05, 0.1) is 0 Å². The van der Waals surface area contributed by atoms with Crippen LogP contribution in [0.5, 0.6) is 0 Å². The Morgan fingerprint density at radius 1 is 1.06 bits per heavy atom. The van der Waals surface area contributed by atoms with E-state index in [-0.39, 0.29) is 0 Å². The van der Waals surface area contributed by atoms with E-state index in [0.29, 0.717) is 12.5 Å². The minimum atomic E-state index is -0.795. The van der Waals surface area contributed by atoms with Gasteiger partial charge in [-0.05, 0) is 49.7 Å². The molecule has 102 valence electrons. The van der Waals surface area contributed by atoms with Crippen molar-refractivity contribution in [2.24, 2.45) is 5.92 Å². The van der Waals surface area contributed by atoms with Crippen molar-refractivity contribution in [3.05, 3.63) is 35.4 Å². The van der Waals surface area contributed by atoms with Gasteiger partial charge >= 0.3 is 0 Å². The summed E-state index contributed by atoms with van der Waals surface area (Å²) in [6.45, 7) is 7.79. The second-order valence-corrected chi connectivity index (χ2v) is 4.88. The van der Waals surface area contributed by atoms with Crippen molar-refractivity contribution in [1.29, 1.82) is 0 Å². The molecule has 4 heteroatoms. The summed E-state index contributed by atoms with van der Waals surface area (Å²) in [5, 5.41) is 6.56. The first-order chi connectivity index (χ1) is 8.59. The lowest BCUT2D eigenvalue weighted by atomic mass is 10.2. The van der Waals surface area contributed by atoms with E-state index in [9.17, 15) is 8.78 Å². The molecule has 0 aliphatic rings. The van der Waals surface area contributed by atoms with E-state index in [1.54, 1.807) is 6.07 Å². The van der Waals surface area contributed by atoms with Crippen LogP contribution in [0.2, 0.25) is 0 Å². The average molecular weight is 256 g/mol. The van der Waals surface area contributed by atoms with Crippen molar-refractivity contribution in [3.63, 3.8) is 0 Å². The Morgan fingerprint density at radius 2 is 1.78 bits per heavy atom. The molecule has 2 nitrogen and oxygen atoms in total. The molecule has 0 unspecified atom stereocenters. The molecular weight excluding hydrogens is 234 g/mol. The minimum Gasteiger partial charge on any atom is -0.316 e. The fourth-order valence-electron chi connectivity index (χ4n) is 1.61. The SMILES string of the molecule is CC(C)CNCCCNCc1ccc(F)c(F)c1. The Balaban J connectivity index is 2.09. The van der Waals surface area contributed by atoms with Gasteiger partial charge in [0, 0.05) is 6.54 Å². The van der Waals surface area contributed by atoms with Gasteiger partial charge in [-0.1, -0.05) is 19.9 Å². The topological polar surface area (TPSA) is 24.1 Å². The standard InChI is InChI=1S/C14H22F2N2/c1-11(2)9-17-6-3-7-18-10-12-4-5-13(15)14(16)8-12/h4-5,8,11,17-18H,3,6-7,9-10H2,1-2H3. The van der Waals surface area contributed by atoms with Crippen molar-refractivity contribution in [2.45, 2.75) is 26.8 Å². The largest absolute Gasteiger partial charge is 0.316 e. The van der Waals surface area contributed by atoms with Crippen molar-refractivity contribution >= 4 is 0 Å². The van der Waals surface area contributed by atoms with E-state index in [4.69, 9.17) is 0 Å². The van der Waals surface area contributed by atoms with Crippen LogP contribution in [0.25, 0.3) is 0 Å². The van der Waals surface area contributed by atoms with Crippen LogP contribution in [-0.4, -0.2) is 19.6 Å². The highest BCUT2D eigenvalue weighted by Gasteiger charge is 2.01. The predicted octanol–water partition coefficient (Wildman–Crippen LogP) is 2.69. The van der Waals surface area contributed by atoms with Crippen molar-refractivity contribution < 1.29 is 8.78 Å². The van der Waals surface area contributed by atoms with Crippen LogP contribution in [0.15, 0.2) is 18.2 Å². The van der Waals surface area contributed by atoms with Crippen LogP contribution >= 0.6 is 0 Å². The van der Waals surface area contributed by atoms with Gasteiger partial charge < -0.3 is 10.6 Å². The van der Waals surface area contributed by atoms with Gasteiger partial charge in [-0.15, -0.1) is 0 Å². The van der Waals surface area contributed by atoms with Crippen LogP contribution in [0.1, 0.15) is 25.8 Å². The normalized spacial score (nSPS) is 11.2. The third-order valence-electron chi connectivity index (χ3n) is 2.57. The van der Waals surface area contributed by atoms with Gasteiger partial charge in [-0.25, -0.2) is 8.78 Å². The van der Waals surface area contributed by atoms with Crippen LogP contribution in [-0.2, 0) is 6.54 Å². The molecule has 0 atom stereocenters. The monoisotopic (exact) mass is 256 g/mol. The van der Waals surface area contributed by atoms with Crippen LogP contribution in [0, 0.1) is 17.6 Å². The number of nitrogens with one attached hydrogen (secondary N) is 2. The lowest BCUT2D eigenvalue weighted by Crippen LogP contribution is -2.24. The predicted molar refractivity (Wildman–Crippen MR) is 70.4 cm³/mol. The Morgan fingerprint density at radius 3 is 2.44 bits per heavy atom. The number of rotatable bonds is 8. The molecule has 1 rings (SSSR count). The van der Waals surface area contributed by atoms with Gasteiger partial charge in [0.1, 0.15) is 0 Å². The maximum absolute atomic E-state index is 12.9. The summed E-state index contributed by atoms with van der Waals surface area (Å²) in [6.07, 6.45) is 1.02. The second-order valence-electron chi connectivity index (χ2n) is 4.88. The fourth-order valence-corrected chi connectivity index (χ4v) is 1.61. The molecule has 0 aliphatic carbocycles. The van der Waals surface area contributed by atoms with Gasteiger partial charge in [0.15, 0.2) is 11.6 Å². The zero-order chi connectivity index (χ0) is 13.4. The number of hydrogen-bond acceptors (Lipinski definition) is 2. The molecule has 0 spiro atoms. The summed E-state index contributed by atoms with van der Waals surface area (Å²) >= 11 is 0. The van der Waals surface area contributed by atoms with Gasteiger partial charge in [-0.2, -0.15) is 0 Å². The third kappa shape index (κ3) is 6.07. The summed E-state index contributed by atoms with van der Waals surface area (Å²) in [4.78, 5) is 0. The summed E-state index contributed by atoms with van der Waals surface area (Å²) in [5.74, 6) is -0.912. The van der Waals surface area contributed by atoms with Crippen molar-refractivity contribution in [3.8, 4) is 0 Å². The zero-order valence-electron chi connectivity index (χ0n) is 11.1. The Labute approximate surface area is 108 Å². The van der Waals surface area contributed by atoms with Crippen LogP contribution in [0.3, 0.4) is 0 Å². The summed E-state index contributed by atoms with van der Waals surface area (Å²) < 4.78 is 25.6. The first-order valence-electron chi connectivity index (χ1n) is 6.45. The van der Waals surface area contributed by atoms with Gasteiger partial charge in [0.25, 0.3) is 0 Å². The average Bonchev–Trinajstić information content (AvgIpc) is 2.32. The zero-order valence-corrected chi connectivity index (χ0v) is 11.1. The van der Waals surface area contributed by atoms with Gasteiger partial charge in [-0.3, -0.25) is 0 Å². The van der Waals surface area contributed by atoms with Gasteiger partial charge in [0.2, 0.25) is 0 Å². The molecule has 1 aromatic rings. The number of benzene rings is 1. The molecule has 0 saturated heterocycles. The molecule has 18 heavy (non-hydrogen) atoms. The van der Waals surface area contributed by atoms with Crippen LogP contribution < -0.4 is 10.6 Å². The third-order valence-corrected chi connectivity index (χ3v) is 2.57. The maximum atomic E-state index is 12.9. The molecular formula is C14H22F2N2. The quantitative estimate of drug-likeness (QED) is 0.699. The molecule has 0 bridgehead atoms. The molecule has 2 N–H and O–H groups in total. The number of halogens is 2. The molecule has 0 saturated carbocycles. The van der Waals surface area contributed by atoms with E-state index < -0.39 is 11.6 Å². The first-order valence-corrected chi connectivity index (χ1v) is 6.45. The number of hydrogen-bond donors (Lipinski definition) is 2. The van der Waals surface area contributed by atoms with Crippen LogP contribution in [0.4, 0.5) is 8.78 Å². The summed E-state index contributed by atoms with van der Waals surface area (Å²) in [6, 6.07) is 4.00. The Hall–Kier alpha value is -1.00. The molecule has 0 aromatic heterocycles. The Bertz CT molecular complexity index is 354. The molecule has 0 fully saturated rings.